The van der Waals surface area contributed by atoms with Gasteiger partial charge in [0.2, 0.25) is 5.82 Å². The predicted molar refractivity (Wildman–Crippen MR) is 101 cm³/mol. The van der Waals surface area contributed by atoms with E-state index in [-0.39, 0.29) is 18.5 Å². The Balaban J connectivity index is 1.42. The van der Waals surface area contributed by atoms with Crippen LogP contribution in [0.3, 0.4) is 0 Å². The van der Waals surface area contributed by atoms with E-state index in [1.807, 2.05) is 30.3 Å². The van der Waals surface area contributed by atoms with Gasteiger partial charge in [-0.3, -0.25) is 0 Å². The van der Waals surface area contributed by atoms with Crippen LogP contribution in [0.5, 0.6) is 5.75 Å². The van der Waals surface area contributed by atoms with Crippen LogP contribution in [-0.2, 0) is 24.2 Å². The second-order valence-corrected chi connectivity index (χ2v) is 7.54. The van der Waals surface area contributed by atoms with E-state index in [1.165, 1.54) is 29.7 Å². The van der Waals surface area contributed by atoms with E-state index >= 15 is 0 Å². The summed E-state index contributed by atoms with van der Waals surface area (Å²) in [5.41, 5.74) is 2.02. The Morgan fingerprint density at radius 1 is 1.22 bits per heavy atom. The van der Waals surface area contributed by atoms with Gasteiger partial charge in [-0.25, -0.2) is 4.79 Å². The number of ether oxygens (including phenoxy) is 2. The molecule has 0 fully saturated rings. The first-order chi connectivity index (χ1) is 13.2. The van der Waals surface area contributed by atoms with Crippen molar-refractivity contribution in [3.63, 3.8) is 0 Å². The summed E-state index contributed by atoms with van der Waals surface area (Å²) in [6.45, 7) is -0.0520. The number of fused-ring (bicyclic) bond motifs is 1. The summed E-state index contributed by atoms with van der Waals surface area (Å²) in [5, 5.41) is 3.95. The molecule has 4 rings (SSSR count). The van der Waals surface area contributed by atoms with E-state index in [0.29, 0.717) is 16.5 Å². The molecule has 3 aromatic rings. The number of methoxy groups -OCH3 is 1. The van der Waals surface area contributed by atoms with Gasteiger partial charge in [0, 0.05) is 4.88 Å². The molecule has 0 unspecified atom stereocenters. The van der Waals surface area contributed by atoms with Gasteiger partial charge in [-0.15, -0.1) is 11.3 Å². The minimum atomic E-state index is -0.342. The Bertz CT molecular complexity index is 924. The molecule has 7 heteroatoms. The summed E-state index contributed by atoms with van der Waals surface area (Å²) < 4.78 is 15.9. The third-order valence-corrected chi connectivity index (χ3v) is 5.81. The van der Waals surface area contributed by atoms with Crippen LogP contribution in [0.2, 0.25) is 0 Å². The van der Waals surface area contributed by atoms with Crippen molar-refractivity contribution < 1.29 is 18.8 Å². The van der Waals surface area contributed by atoms with Crippen LogP contribution in [0, 0.1) is 0 Å². The molecule has 140 valence electrons. The molecular formula is C20H20N2O4S. The van der Waals surface area contributed by atoms with Crippen molar-refractivity contribution in [2.24, 2.45) is 0 Å². The molecule has 0 amide bonds. The van der Waals surface area contributed by atoms with Crippen molar-refractivity contribution in [2.45, 2.75) is 38.7 Å². The van der Waals surface area contributed by atoms with Crippen LogP contribution in [0.15, 0.2) is 34.9 Å². The van der Waals surface area contributed by atoms with Crippen LogP contribution in [0.4, 0.5) is 0 Å². The molecule has 27 heavy (non-hydrogen) atoms. The van der Waals surface area contributed by atoms with Gasteiger partial charge >= 0.3 is 5.97 Å². The van der Waals surface area contributed by atoms with Crippen molar-refractivity contribution >= 4 is 17.3 Å². The number of aromatic nitrogens is 2. The van der Waals surface area contributed by atoms with E-state index in [2.05, 4.69) is 10.1 Å². The van der Waals surface area contributed by atoms with Gasteiger partial charge in [0.25, 0.3) is 5.89 Å². The average Bonchev–Trinajstić information content (AvgIpc) is 3.28. The molecule has 0 aliphatic heterocycles. The van der Waals surface area contributed by atoms with Gasteiger partial charge in [-0.05, 0) is 49.4 Å². The number of thiophene rings is 1. The fourth-order valence-electron chi connectivity index (χ4n) is 3.22. The third kappa shape index (κ3) is 3.88. The Hall–Kier alpha value is -2.67. The molecule has 0 bridgehead atoms. The van der Waals surface area contributed by atoms with Crippen molar-refractivity contribution in [3.05, 3.63) is 51.5 Å². The number of rotatable bonds is 5. The lowest BCUT2D eigenvalue weighted by Gasteiger charge is -2.03. The summed E-state index contributed by atoms with van der Waals surface area (Å²) >= 11 is 1.54. The lowest BCUT2D eigenvalue weighted by atomic mass is 10.1. The number of hydrogen-bond acceptors (Lipinski definition) is 7. The van der Waals surface area contributed by atoms with Crippen LogP contribution >= 0.6 is 11.3 Å². The Labute approximate surface area is 161 Å². The van der Waals surface area contributed by atoms with E-state index in [9.17, 15) is 4.79 Å². The first-order valence-electron chi connectivity index (χ1n) is 8.99. The van der Waals surface area contributed by atoms with Gasteiger partial charge in [0.15, 0.2) is 6.61 Å². The quantitative estimate of drug-likeness (QED) is 0.478. The molecule has 0 saturated carbocycles. The molecule has 1 aliphatic carbocycles. The van der Waals surface area contributed by atoms with Crippen LogP contribution in [-0.4, -0.2) is 23.2 Å². The molecule has 0 atom stereocenters. The van der Waals surface area contributed by atoms with Crippen molar-refractivity contribution in [3.8, 4) is 17.1 Å². The maximum absolute atomic E-state index is 12.4. The van der Waals surface area contributed by atoms with Crippen molar-refractivity contribution in [1.29, 1.82) is 0 Å². The van der Waals surface area contributed by atoms with Gasteiger partial charge in [-0.1, -0.05) is 23.7 Å². The summed E-state index contributed by atoms with van der Waals surface area (Å²) in [4.78, 5) is 18.6. The zero-order valence-electron chi connectivity index (χ0n) is 15.1. The predicted octanol–water partition coefficient (Wildman–Crippen LogP) is 4.43. The number of aryl methyl sites for hydroxylation is 2. The normalized spacial score (nSPS) is 13.7. The van der Waals surface area contributed by atoms with Crippen molar-refractivity contribution in [1.82, 2.24) is 10.1 Å². The number of para-hydroxylation sites is 1. The van der Waals surface area contributed by atoms with Gasteiger partial charge in [0.05, 0.1) is 12.7 Å². The maximum Gasteiger partial charge on any atom is 0.348 e. The maximum atomic E-state index is 12.4. The molecule has 0 spiro atoms. The van der Waals surface area contributed by atoms with Gasteiger partial charge in [-0.2, -0.15) is 4.98 Å². The Morgan fingerprint density at radius 3 is 2.96 bits per heavy atom. The van der Waals surface area contributed by atoms with E-state index < -0.39 is 0 Å². The van der Waals surface area contributed by atoms with Gasteiger partial charge in [0.1, 0.15) is 10.6 Å². The van der Waals surface area contributed by atoms with E-state index in [0.717, 1.165) is 18.4 Å². The van der Waals surface area contributed by atoms with E-state index in [1.54, 1.807) is 18.4 Å². The highest BCUT2D eigenvalue weighted by Crippen LogP contribution is 2.30. The zero-order chi connectivity index (χ0) is 18.6. The summed E-state index contributed by atoms with van der Waals surface area (Å²) in [5.74, 6) is 0.968. The van der Waals surface area contributed by atoms with Crippen LogP contribution in [0.1, 0.15) is 45.3 Å². The number of benzene rings is 1. The number of hydrogen-bond donors (Lipinski definition) is 0. The van der Waals surface area contributed by atoms with Crippen LogP contribution < -0.4 is 4.74 Å². The smallest absolute Gasteiger partial charge is 0.348 e. The molecule has 2 aromatic heterocycles. The highest BCUT2D eigenvalue weighted by molar-refractivity contribution is 7.14. The van der Waals surface area contributed by atoms with Crippen molar-refractivity contribution in [2.75, 3.05) is 7.11 Å². The molecule has 6 nitrogen and oxygen atoms in total. The lowest BCUT2D eigenvalue weighted by Crippen LogP contribution is -2.03. The fraction of sp³-hybridized carbons (Fsp3) is 0.350. The minimum absolute atomic E-state index is 0.0520. The first-order valence-corrected chi connectivity index (χ1v) is 9.81. The third-order valence-electron chi connectivity index (χ3n) is 4.59. The molecule has 0 N–H and O–H groups in total. The van der Waals surface area contributed by atoms with Gasteiger partial charge < -0.3 is 14.0 Å². The zero-order valence-corrected chi connectivity index (χ0v) is 15.9. The Morgan fingerprint density at radius 2 is 2.07 bits per heavy atom. The number of esters is 1. The topological polar surface area (TPSA) is 74.5 Å². The Kier molecular flexibility index (Phi) is 5.20. The average molecular weight is 384 g/mol. The summed E-state index contributed by atoms with van der Waals surface area (Å²) in [7, 11) is 1.59. The van der Waals surface area contributed by atoms with E-state index in [4.69, 9.17) is 14.0 Å². The number of nitrogens with zero attached hydrogens (tertiary/aromatic N) is 2. The monoisotopic (exact) mass is 384 g/mol. The molecule has 1 aromatic carbocycles. The second-order valence-electron chi connectivity index (χ2n) is 6.41. The summed E-state index contributed by atoms with van der Waals surface area (Å²) in [6, 6.07) is 9.38. The molecule has 2 heterocycles. The summed E-state index contributed by atoms with van der Waals surface area (Å²) in [6.07, 6.45) is 5.73. The largest absolute Gasteiger partial charge is 0.496 e. The molecular weight excluding hydrogens is 364 g/mol. The standard InChI is InChI=1S/C20H20N2O4S/c1-24-15-9-6-5-8-14(15)19-21-18(26-22-19)12-25-20(23)17-11-13-7-3-2-4-10-16(13)27-17/h5-6,8-9,11H,2-4,7,10,12H2,1H3. The molecule has 0 saturated heterocycles. The minimum Gasteiger partial charge on any atom is -0.496 e. The SMILES string of the molecule is COc1ccccc1-c1noc(COC(=O)c2cc3c(s2)CCCCC3)n1. The number of carbonyl (C=O) groups excluding carboxylic acids is 1. The fourth-order valence-corrected chi connectivity index (χ4v) is 4.37. The highest BCUT2D eigenvalue weighted by atomic mass is 32.1. The second kappa shape index (κ2) is 7.92. The number of carbonyl (C=O) groups is 1. The van der Waals surface area contributed by atoms with Crippen LogP contribution in [0.25, 0.3) is 11.4 Å². The lowest BCUT2D eigenvalue weighted by molar-refractivity contribution is 0.0435. The first kappa shape index (κ1) is 17.7. The molecule has 1 aliphatic rings. The highest BCUT2D eigenvalue weighted by Gasteiger charge is 2.19. The molecule has 0 radical (unpaired) electrons.